The molecule has 0 spiro atoms. The molecule has 14 heteroatoms. The van der Waals surface area contributed by atoms with Gasteiger partial charge in [-0.1, -0.05) is 18.2 Å². The van der Waals surface area contributed by atoms with Gasteiger partial charge in [0.05, 0.1) is 35.3 Å². The highest BCUT2D eigenvalue weighted by atomic mass is 32.2. The van der Waals surface area contributed by atoms with Gasteiger partial charge >= 0.3 is 0 Å². The fourth-order valence-corrected chi connectivity index (χ4v) is 7.54. The van der Waals surface area contributed by atoms with Gasteiger partial charge in [-0.3, -0.25) is 19.8 Å². The molecule has 1 aromatic carbocycles. The second-order valence-electron chi connectivity index (χ2n) is 10.6. The van der Waals surface area contributed by atoms with E-state index >= 15 is 0 Å². The summed E-state index contributed by atoms with van der Waals surface area (Å²) in [7, 11) is -4.62. The molecule has 13 nitrogen and oxygen atoms in total. The number of hydrogen-bond donors (Lipinski definition) is 3. The largest absolute Gasteiger partial charge is 0.464 e. The lowest BCUT2D eigenvalue weighted by atomic mass is 9.96. The van der Waals surface area contributed by atoms with Crippen LogP contribution in [0.3, 0.4) is 0 Å². The van der Waals surface area contributed by atoms with Crippen LogP contribution in [-0.4, -0.2) is 77.4 Å². The van der Waals surface area contributed by atoms with Crippen LogP contribution in [0.4, 0.5) is 11.4 Å². The molecule has 220 valence electrons. The van der Waals surface area contributed by atoms with Crippen molar-refractivity contribution in [1.82, 2.24) is 14.9 Å². The van der Waals surface area contributed by atoms with E-state index in [0.717, 1.165) is 45.2 Å². The highest BCUT2D eigenvalue weighted by Gasteiger charge is 2.54. The van der Waals surface area contributed by atoms with Crippen molar-refractivity contribution in [2.45, 2.75) is 34.8 Å². The van der Waals surface area contributed by atoms with Gasteiger partial charge in [-0.2, -0.15) is 0 Å². The number of anilines is 1. The number of H-pyrrole nitrogens is 1. The Bertz CT molecular complexity index is 1690. The standard InChI is InChI=1S/C28H30N6O7S/c29-26(35)23-3-1-2-9-28(23,41-21-13-18-6-10-30-27(18)31-15-21)42(38,39)22-4-5-24(25(14-22)34(36)37)32-19-7-11-33(12-8-19)20-16-40-17-20/h1-6,9-10,13-15,19-20,23,32H,7-8,11-12,16-17H2,(H2,29,35)(H,30,31). The Balaban J connectivity index is 1.33. The van der Waals surface area contributed by atoms with Gasteiger partial charge in [0.25, 0.3) is 5.69 Å². The first-order chi connectivity index (χ1) is 20.2. The second-order valence-corrected chi connectivity index (χ2v) is 12.7. The van der Waals surface area contributed by atoms with E-state index in [0.29, 0.717) is 17.1 Å². The zero-order valence-corrected chi connectivity index (χ0v) is 23.3. The molecule has 3 aliphatic rings. The summed E-state index contributed by atoms with van der Waals surface area (Å²) in [6, 6.07) is 7.40. The van der Waals surface area contributed by atoms with Crippen LogP contribution in [0.5, 0.6) is 5.75 Å². The van der Waals surface area contributed by atoms with Crippen molar-refractivity contribution in [2.75, 3.05) is 31.6 Å². The first-order valence-corrected chi connectivity index (χ1v) is 15.1. The number of rotatable bonds is 9. The number of nitro groups is 1. The molecular formula is C28H30N6O7S. The van der Waals surface area contributed by atoms with Gasteiger partial charge < -0.3 is 25.5 Å². The van der Waals surface area contributed by atoms with Crippen LogP contribution < -0.4 is 15.8 Å². The summed E-state index contributed by atoms with van der Waals surface area (Å²) in [5.41, 5.74) is 6.05. The molecule has 6 rings (SSSR count). The highest BCUT2D eigenvalue weighted by Crippen LogP contribution is 2.41. The Morgan fingerprint density at radius 3 is 2.69 bits per heavy atom. The van der Waals surface area contributed by atoms with Gasteiger partial charge in [-0.15, -0.1) is 0 Å². The molecular weight excluding hydrogens is 564 g/mol. The van der Waals surface area contributed by atoms with Crippen LogP contribution in [0.1, 0.15) is 12.8 Å². The fraction of sp³-hybridized carbons (Fsp3) is 0.357. The number of nitrogens with two attached hydrogens (primary N) is 1. The number of sulfone groups is 1. The van der Waals surface area contributed by atoms with Crippen LogP contribution in [0, 0.1) is 16.0 Å². The average molecular weight is 595 g/mol. The van der Waals surface area contributed by atoms with Crippen molar-refractivity contribution in [1.29, 1.82) is 0 Å². The topological polar surface area (TPSA) is 183 Å². The SMILES string of the molecule is NC(=O)C1C=CC=CC1(Oc1cnc2[nH]ccc2c1)S(=O)(=O)c1ccc(NC2CCN(C3COC3)CC2)c([N+](=O)[O-])c1. The molecule has 2 aromatic heterocycles. The van der Waals surface area contributed by atoms with E-state index in [9.17, 15) is 23.3 Å². The van der Waals surface area contributed by atoms with Crippen molar-refractivity contribution in [3.8, 4) is 5.75 Å². The molecule has 0 bridgehead atoms. The van der Waals surface area contributed by atoms with Crippen molar-refractivity contribution in [3.05, 3.63) is 77.1 Å². The van der Waals surface area contributed by atoms with Gasteiger partial charge in [-0.05, 0) is 43.2 Å². The average Bonchev–Trinajstić information content (AvgIpc) is 3.41. The molecule has 2 aliphatic heterocycles. The maximum absolute atomic E-state index is 14.3. The maximum atomic E-state index is 14.3. The number of ether oxygens (including phenoxy) is 2. The lowest BCUT2D eigenvalue weighted by molar-refractivity contribution is -0.384. The number of carbonyl (C=O) groups is 1. The third-order valence-corrected chi connectivity index (χ3v) is 10.2. The molecule has 2 atom stereocenters. The van der Waals surface area contributed by atoms with Crippen LogP contribution in [0.15, 0.2) is 71.9 Å². The van der Waals surface area contributed by atoms with Crippen LogP contribution in [-0.2, 0) is 19.4 Å². The number of allylic oxidation sites excluding steroid dienone is 2. The third-order valence-electron chi connectivity index (χ3n) is 8.06. The van der Waals surface area contributed by atoms with E-state index in [1.807, 2.05) is 0 Å². The predicted octanol–water partition coefficient (Wildman–Crippen LogP) is 2.52. The minimum absolute atomic E-state index is 0.0143. The highest BCUT2D eigenvalue weighted by molar-refractivity contribution is 7.93. The molecule has 1 amide bonds. The van der Waals surface area contributed by atoms with Crippen molar-refractivity contribution < 1.29 is 27.6 Å². The van der Waals surface area contributed by atoms with Crippen LogP contribution >= 0.6 is 0 Å². The van der Waals surface area contributed by atoms with E-state index in [2.05, 4.69) is 20.2 Å². The molecule has 2 unspecified atom stereocenters. The molecule has 2 fully saturated rings. The Morgan fingerprint density at radius 2 is 2.00 bits per heavy atom. The third kappa shape index (κ3) is 4.91. The lowest BCUT2D eigenvalue weighted by Crippen LogP contribution is -2.54. The molecule has 2 saturated heterocycles. The Labute approximate surface area is 241 Å². The monoisotopic (exact) mass is 594 g/mol. The van der Waals surface area contributed by atoms with Gasteiger partial charge in [-0.25, -0.2) is 13.4 Å². The number of nitro benzene ring substituents is 1. The van der Waals surface area contributed by atoms with E-state index in [1.165, 1.54) is 42.6 Å². The number of fused-ring (bicyclic) bond motifs is 1. The summed E-state index contributed by atoms with van der Waals surface area (Å²) < 4.78 is 40.1. The van der Waals surface area contributed by atoms with Crippen LogP contribution in [0.25, 0.3) is 11.0 Å². The number of carbonyl (C=O) groups excluding carboxylic acids is 1. The number of piperidine rings is 1. The van der Waals surface area contributed by atoms with E-state index in [-0.39, 0.29) is 22.4 Å². The van der Waals surface area contributed by atoms with Crippen molar-refractivity contribution >= 4 is 38.2 Å². The quantitative estimate of drug-likeness (QED) is 0.246. The smallest absolute Gasteiger partial charge is 0.293 e. The number of nitrogens with zero attached hydrogens (tertiary/aromatic N) is 3. The van der Waals surface area contributed by atoms with Crippen LogP contribution in [0.2, 0.25) is 0 Å². The Morgan fingerprint density at radius 1 is 1.21 bits per heavy atom. The molecule has 0 saturated carbocycles. The first kappa shape index (κ1) is 27.9. The number of pyridine rings is 1. The number of aromatic amines is 1. The lowest BCUT2D eigenvalue weighted by Gasteiger charge is -2.41. The number of amides is 1. The minimum atomic E-state index is -4.62. The number of hydrogen-bond acceptors (Lipinski definition) is 10. The van der Waals surface area contributed by atoms with Gasteiger partial charge in [0.1, 0.15) is 23.0 Å². The second kappa shape index (κ2) is 10.9. The molecule has 4 N–H and O–H groups in total. The maximum Gasteiger partial charge on any atom is 0.293 e. The molecule has 0 radical (unpaired) electrons. The van der Waals surface area contributed by atoms with Gasteiger partial charge in [0.2, 0.25) is 20.7 Å². The summed E-state index contributed by atoms with van der Waals surface area (Å²) in [6.45, 7) is 3.13. The summed E-state index contributed by atoms with van der Waals surface area (Å²) in [5.74, 6) is -2.30. The summed E-state index contributed by atoms with van der Waals surface area (Å²) in [5, 5.41) is 16.1. The molecule has 42 heavy (non-hydrogen) atoms. The Kier molecular flexibility index (Phi) is 7.20. The minimum Gasteiger partial charge on any atom is -0.464 e. The number of likely N-dealkylation sites (tertiary alicyclic amines) is 1. The summed E-state index contributed by atoms with van der Waals surface area (Å²) in [4.78, 5) is 31.0. The normalized spacial score (nSPS) is 23.5. The molecule has 4 heterocycles. The number of primary amides is 1. The first-order valence-electron chi connectivity index (χ1n) is 13.6. The molecule has 3 aromatic rings. The summed E-state index contributed by atoms with van der Waals surface area (Å²) >= 11 is 0. The number of nitrogens with one attached hydrogen (secondary N) is 2. The van der Waals surface area contributed by atoms with E-state index in [4.69, 9.17) is 15.2 Å². The van der Waals surface area contributed by atoms with E-state index in [1.54, 1.807) is 18.3 Å². The predicted molar refractivity (Wildman–Crippen MR) is 154 cm³/mol. The number of aromatic nitrogens is 2. The number of benzene rings is 1. The summed E-state index contributed by atoms with van der Waals surface area (Å²) in [6.07, 6.45) is 10.1. The molecule has 1 aliphatic carbocycles. The van der Waals surface area contributed by atoms with Crippen molar-refractivity contribution in [3.63, 3.8) is 0 Å². The Hall–Kier alpha value is -4.27. The van der Waals surface area contributed by atoms with Crippen molar-refractivity contribution in [2.24, 2.45) is 11.7 Å². The fourth-order valence-electron chi connectivity index (χ4n) is 5.66. The van der Waals surface area contributed by atoms with E-state index < -0.39 is 37.2 Å². The zero-order valence-electron chi connectivity index (χ0n) is 22.5. The zero-order chi connectivity index (χ0) is 29.5. The van der Waals surface area contributed by atoms with Gasteiger partial charge in [0, 0.05) is 36.8 Å². The van der Waals surface area contributed by atoms with Gasteiger partial charge in [0.15, 0.2) is 0 Å².